The molecule has 0 radical (unpaired) electrons. The largest absolute Gasteiger partial charge is 0.385 e. The zero-order chi connectivity index (χ0) is 15.6. The van der Waals surface area contributed by atoms with Gasteiger partial charge in [0.25, 0.3) is 0 Å². The van der Waals surface area contributed by atoms with Crippen molar-refractivity contribution < 1.29 is 5.11 Å². The monoisotopic (exact) mass is 302 g/mol. The van der Waals surface area contributed by atoms with Crippen molar-refractivity contribution in [3.05, 3.63) is 35.9 Å². The lowest BCUT2D eigenvalue weighted by Crippen LogP contribution is -2.54. The predicted octanol–water partition coefficient (Wildman–Crippen LogP) is 2.70. The second kappa shape index (κ2) is 6.69. The second-order valence-electron chi connectivity index (χ2n) is 7.29. The van der Waals surface area contributed by atoms with E-state index in [1.165, 1.54) is 32.5 Å². The van der Waals surface area contributed by atoms with Gasteiger partial charge in [-0.15, -0.1) is 0 Å². The number of likely N-dealkylation sites (tertiary alicyclic amines) is 2. The van der Waals surface area contributed by atoms with Crippen molar-refractivity contribution in [2.75, 3.05) is 32.7 Å². The molecular weight excluding hydrogens is 272 g/mol. The molecule has 0 bridgehead atoms. The van der Waals surface area contributed by atoms with Gasteiger partial charge in [0, 0.05) is 31.6 Å². The Kier molecular flexibility index (Phi) is 4.86. The third-order valence-corrected chi connectivity index (χ3v) is 5.73. The molecule has 0 aliphatic carbocycles. The molecule has 1 aromatic rings. The van der Waals surface area contributed by atoms with Gasteiger partial charge in [0.1, 0.15) is 0 Å². The second-order valence-corrected chi connectivity index (χ2v) is 7.29. The van der Waals surface area contributed by atoms with Crippen LogP contribution in [0.2, 0.25) is 0 Å². The molecule has 3 rings (SSSR count). The lowest BCUT2D eigenvalue weighted by atomic mass is 9.74. The summed E-state index contributed by atoms with van der Waals surface area (Å²) in [4.78, 5) is 5.15. The minimum absolute atomic E-state index is 0.268. The van der Waals surface area contributed by atoms with E-state index in [1.807, 2.05) is 18.2 Å². The fourth-order valence-corrected chi connectivity index (χ4v) is 4.18. The molecule has 2 heterocycles. The standard InChI is InChI=1S/C19H30N2O/c1-16-15-21(13-12-20-10-6-7-11-20)17(2)14-19(16,22)18-8-4-3-5-9-18/h3-5,8-9,16-17,22H,6-7,10-15H2,1-2H3. The molecule has 1 aromatic carbocycles. The molecule has 2 aliphatic heterocycles. The fraction of sp³-hybridized carbons (Fsp3) is 0.684. The fourth-order valence-electron chi connectivity index (χ4n) is 4.18. The van der Waals surface area contributed by atoms with E-state index >= 15 is 0 Å². The summed E-state index contributed by atoms with van der Waals surface area (Å²) >= 11 is 0. The molecule has 0 aromatic heterocycles. The molecule has 3 atom stereocenters. The summed E-state index contributed by atoms with van der Waals surface area (Å²) in [5.41, 5.74) is 0.402. The van der Waals surface area contributed by atoms with Gasteiger partial charge in [-0.05, 0) is 44.8 Å². The van der Waals surface area contributed by atoms with Crippen LogP contribution in [0.3, 0.4) is 0 Å². The highest BCUT2D eigenvalue weighted by molar-refractivity contribution is 5.24. The van der Waals surface area contributed by atoms with Crippen LogP contribution in [0.4, 0.5) is 0 Å². The molecule has 3 heteroatoms. The average Bonchev–Trinajstić information content (AvgIpc) is 3.04. The number of aliphatic hydroxyl groups is 1. The van der Waals surface area contributed by atoms with E-state index in [9.17, 15) is 5.11 Å². The maximum Gasteiger partial charge on any atom is 0.0948 e. The lowest BCUT2D eigenvalue weighted by Gasteiger charge is -2.47. The third-order valence-electron chi connectivity index (χ3n) is 5.73. The Morgan fingerprint density at radius 2 is 1.77 bits per heavy atom. The van der Waals surface area contributed by atoms with Gasteiger partial charge in [-0.2, -0.15) is 0 Å². The molecule has 0 saturated carbocycles. The molecule has 3 unspecified atom stereocenters. The van der Waals surface area contributed by atoms with E-state index < -0.39 is 5.60 Å². The molecule has 0 amide bonds. The van der Waals surface area contributed by atoms with Crippen molar-refractivity contribution in [1.29, 1.82) is 0 Å². The molecule has 2 saturated heterocycles. The van der Waals surface area contributed by atoms with Crippen molar-refractivity contribution in [2.24, 2.45) is 5.92 Å². The van der Waals surface area contributed by atoms with Gasteiger partial charge in [-0.25, -0.2) is 0 Å². The molecule has 122 valence electrons. The number of hydrogen-bond acceptors (Lipinski definition) is 3. The average molecular weight is 302 g/mol. The first-order valence-electron chi connectivity index (χ1n) is 8.84. The summed E-state index contributed by atoms with van der Waals surface area (Å²) in [5.74, 6) is 0.268. The molecule has 2 aliphatic rings. The van der Waals surface area contributed by atoms with E-state index in [1.54, 1.807) is 0 Å². The van der Waals surface area contributed by atoms with E-state index in [4.69, 9.17) is 0 Å². The number of nitrogens with zero attached hydrogens (tertiary/aromatic N) is 2. The topological polar surface area (TPSA) is 26.7 Å². The van der Waals surface area contributed by atoms with Crippen LogP contribution in [0.1, 0.15) is 38.7 Å². The first-order valence-corrected chi connectivity index (χ1v) is 8.84. The van der Waals surface area contributed by atoms with Crippen LogP contribution < -0.4 is 0 Å². The Labute approximate surface area is 134 Å². The zero-order valence-corrected chi connectivity index (χ0v) is 14.0. The minimum Gasteiger partial charge on any atom is -0.385 e. The molecule has 22 heavy (non-hydrogen) atoms. The van der Waals surface area contributed by atoms with Crippen molar-refractivity contribution >= 4 is 0 Å². The maximum atomic E-state index is 11.2. The summed E-state index contributed by atoms with van der Waals surface area (Å²) in [5, 5.41) is 11.2. The number of hydrogen-bond donors (Lipinski definition) is 1. The Bertz CT molecular complexity index is 472. The Hall–Kier alpha value is -0.900. The van der Waals surface area contributed by atoms with Crippen LogP contribution in [-0.4, -0.2) is 53.7 Å². The van der Waals surface area contributed by atoms with Crippen molar-refractivity contribution in [1.82, 2.24) is 9.80 Å². The van der Waals surface area contributed by atoms with Crippen LogP contribution in [-0.2, 0) is 5.60 Å². The summed E-state index contributed by atoms with van der Waals surface area (Å²) < 4.78 is 0. The molecular formula is C19H30N2O. The quantitative estimate of drug-likeness (QED) is 0.926. The molecule has 1 N–H and O–H groups in total. The Balaban J connectivity index is 1.63. The van der Waals surface area contributed by atoms with Gasteiger partial charge in [-0.3, -0.25) is 4.90 Å². The van der Waals surface area contributed by atoms with Gasteiger partial charge >= 0.3 is 0 Å². The summed E-state index contributed by atoms with van der Waals surface area (Å²) in [6.07, 6.45) is 3.55. The summed E-state index contributed by atoms with van der Waals surface area (Å²) in [6, 6.07) is 10.7. The first kappa shape index (κ1) is 16.0. The Morgan fingerprint density at radius 3 is 2.45 bits per heavy atom. The van der Waals surface area contributed by atoms with Crippen LogP contribution in [0, 0.1) is 5.92 Å². The first-order chi connectivity index (χ1) is 10.6. The van der Waals surface area contributed by atoms with Gasteiger partial charge < -0.3 is 10.0 Å². The highest BCUT2D eigenvalue weighted by atomic mass is 16.3. The highest BCUT2D eigenvalue weighted by Gasteiger charge is 2.43. The zero-order valence-electron chi connectivity index (χ0n) is 14.0. The van der Waals surface area contributed by atoms with E-state index in [0.717, 1.165) is 25.1 Å². The van der Waals surface area contributed by atoms with E-state index in [-0.39, 0.29) is 5.92 Å². The minimum atomic E-state index is -0.676. The Morgan fingerprint density at radius 1 is 1.09 bits per heavy atom. The summed E-state index contributed by atoms with van der Waals surface area (Å²) in [6.45, 7) is 10.3. The molecule has 0 spiro atoms. The maximum absolute atomic E-state index is 11.2. The number of benzene rings is 1. The third kappa shape index (κ3) is 3.22. The van der Waals surface area contributed by atoms with Gasteiger partial charge in [0.15, 0.2) is 0 Å². The van der Waals surface area contributed by atoms with Gasteiger partial charge in [-0.1, -0.05) is 37.3 Å². The van der Waals surface area contributed by atoms with Crippen molar-refractivity contribution in [3.63, 3.8) is 0 Å². The molecule has 3 nitrogen and oxygen atoms in total. The van der Waals surface area contributed by atoms with Crippen molar-refractivity contribution in [3.8, 4) is 0 Å². The summed E-state index contributed by atoms with van der Waals surface area (Å²) in [7, 11) is 0. The van der Waals surface area contributed by atoms with E-state index in [2.05, 4.69) is 35.8 Å². The number of piperidine rings is 1. The van der Waals surface area contributed by atoms with Crippen LogP contribution in [0.15, 0.2) is 30.3 Å². The SMILES string of the molecule is CC1CC(O)(c2ccccc2)C(C)CN1CCN1CCCC1. The van der Waals surface area contributed by atoms with Crippen molar-refractivity contribution in [2.45, 2.75) is 44.8 Å². The normalized spacial score (nSPS) is 34.1. The van der Waals surface area contributed by atoms with Crippen LogP contribution in [0.5, 0.6) is 0 Å². The molecule has 2 fully saturated rings. The van der Waals surface area contributed by atoms with E-state index in [0.29, 0.717) is 6.04 Å². The van der Waals surface area contributed by atoms with Crippen LogP contribution in [0.25, 0.3) is 0 Å². The highest BCUT2D eigenvalue weighted by Crippen LogP contribution is 2.39. The van der Waals surface area contributed by atoms with Gasteiger partial charge in [0.2, 0.25) is 0 Å². The lowest BCUT2D eigenvalue weighted by molar-refractivity contribution is -0.0913. The number of rotatable bonds is 4. The van der Waals surface area contributed by atoms with Crippen LogP contribution >= 0.6 is 0 Å². The smallest absolute Gasteiger partial charge is 0.0948 e. The van der Waals surface area contributed by atoms with Gasteiger partial charge in [0.05, 0.1) is 5.60 Å². The predicted molar refractivity (Wildman–Crippen MR) is 90.8 cm³/mol.